The zero-order valence-corrected chi connectivity index (χ0v) is 10.3. The zero-order chi connectivity index (χ0) is 12.6. The number of rotatable bonds is 2. The van der Waals surface area contributed by atoms with Crippen molar-refractivity contribution in [1.29, 1.82) is 0 Å². The first-order valence-corrected chi connectivity index (χ1v) is 5.88. The first kappa shape index (κ1) is 12.0. The summed E-state index contributed by atoms with van der Waals surface area (Å²) in [6.45, 7) is 0.350. The van der Waals surface area contributed by atoms with Crippen molar-refractivity contribution in [3.8, 4) is 0 Å². The van der Waals surface area contributed by atoms with Crippen LogP contribution in [0.2, 0.25) is 0 Å². The Labute approximate surface area is 105 Å². The second-order valence-electron chi connectivity index (χ2n) is 3.74. The fourth-order valence-corrected chi connectivity index (χ4v) is 2.41. The predicted octanol–water partition coefficient (Wildman–Crippen LogP) is 2.02. The average molecular weight is 302 g/mol. The summed E-state index contributed by atoms with van der Waals surface area (Å²) in [6, 6.07) is 3.90. The number of hydrogen-bond donors (Lipinski definition) is 1. The van der Waals surface area contributed by atoms with Crippen LogP contribution in [0.15, 0.2) is 18.2 Å². The lowest BCUT2D eigenvalue weighted by atomic mass is 10.1. The summed E-state index contributed by atoms with van der Waals surface area (Å²) >= 11 is 3.29. The summed E-state index contributed by atoms with van der Waals surface area (Å²) in [5.74, 6) is -2.41. The van der Waals surface area contributed by atoms with E-state index in [-0.39, 0.29) is 22.8 Å². The molecule has 90 valence electrons. The molecular weight excluding hydrogens is 293 g/mol. The molecule has 1 aliphatic heterocycles. The Balaban J connectivity index is 2.49. The maximum atomic E-state index is 13.4. The number of carbonyl (C=O) groups is 2. The van der Waals surface area contributed by atoms with Crippen molar-refractivity contribution in [2.75, 3.05) is 11.4 Å². The van der Waals surface area contributed by atoms with Gasteiger partial charge in [-0.05, 0) is 12.1 Å². The lowest BCUT2D eigenvalue weighted by Gasteiger charge is -2.18. The molecule has 1 aromatic carbocycles. The van der Waals surface area contributed by atoms with Crippen molar-refractivity contribution in [2.24, 2.45) is 0 Å². The highest BCUT2D eigenvalue weighted by Crippen LogP contribution is 2.29. The summed E-state index contributed by atoms with van der Waals surface area (Å²) < 4.78 is 13.4. The molecule has 1 unspecified atom stereocenters. The van der Waals surface area contributed by atoms with Gasteiger partial charge in [0.2, 0.25) is 5.91 Å². The number of anilines is 1. The van der Waals surface area contributed by atoms with E-state index in [1.807, 2.05) is 0 Å². The van der Waals surface area contributed by atoms with Gasteiger partial charge >= 0.3 is 5.97 Å². The van der Waals surface area contributed by atoms with Crippen molar-refractivity contribution >= 4 is 33.5 Å². The van der Waals surface area contributed by atoms with Crippen LogP contribution in [0.5, 0.6) is 0 Å². The Morgan fingerprint density at radius 3 is 2.76 bits per heavy atom. The summed E-state index contributed by atoms with van der Waals surface area (Å²) in [6.07, 6.45) is 0.287. The molecule has 1 amide bonds. The predicted molar refractivity (Wildman–Crippen MR) is 63.0 cm³/mol. The number of aromatic carboxylic acids is 1. The van der Waals surface area contributed by atoms with Gasteiger partial charge in [0.05, 0.1) is 5.69 Å². The van der Waals surface area contributed by atoms with Crippen molar-refractivity contribution < 1.29 is 19.1 Å². The number of carboxylic acids is 1. The largest absolute Gasteiger partial charge is 0.478 e. The zero-order valence-electron chi connectivity index (χ0n) is 8.69. The van der Waals surface area contributed by atoms with Gasteiger partial charge in [0.15, 0.2) is 0 Å². The number of nitrogens with zero attached hydrogens (tertiary/aromatic N) is 1. The summed E-state index contributed by atoms with van der Waals surface area (Å²) in [7, 11) is 0. The second kappa shape index (κ2) is 4.44. The number of amides is 1. The Morgan fingerprint density at radius 2 is 2.24 bits per heavy atom. The van der Waals surface area contributed by atoms with E-state index in [9.17, 15) is 14.0 Å². The highest BCUT2D eigenvalue weighted by atomic mass is 79.9. The van der Waals surface area contributed by atoms with Crippen LogP contribution in [-0.2, 0) is 4.79 Å². The number of alkyl halides is 1. The van der Waals surface area contributed by atoms with Gasteiger partial charge in [0.25, 0.3) is 0 Å². The van der Waals surface area contributed by atoms with Crippen LogP contribution in [0.25, 0.3) is 0 Å². The average Bonchev–Trinajstić information content (AvgIpc) is 2.56. The van der Waals surface area contributed by atoms with Crippen LogP contribution in [0.1, 0.15) is 16.8 Å². The molecule has 1 atom stereocenters. The number of hydrogen-bond acceptors (Lipinski definition) is 2. The highest BCUT2D eigenvalue weighted by molar-refractivity contribution is 9.09. The van der Waals surface area contributed by atoms with Gasteiger partial charge in [-0.3, -0.25) is 4.79 Å². The van der Waals surface area contributed by atoms with Gasteiger partial charge in [-0.1, -0.05) is 22.0 Å². The Kier molecular flexibility index (Phi) is 3.15. The third-order valence-electron chi connectivity index (χ3n) is 2.57. The van der Waals surface area contributed by atoms with E-state index >= 15 is 0 Å². The summed E-state index contributed by atoms with van der Waals surface area (Å²) in [4.78, 5) is 23.9. The normalized spacial score (nSPS) is 19.8. The Morgan fingerprint density at radius 1 is 1.53 bits per heavy atom. The summed E-state index contributed by atoms with van der Waals surface area (Å²) in [5, 5.41) is 8.97. The molecule has 0 spiro atoms. The van der Waals surface area contributed by atoms with E-state index in [4.69, 9.17) is 5.11 Å². The molecule has 0 aliphatic carbocycles. The number of halogens is 2. The van der Waals surface area contributed by atoms with Crippen LogP contribution in [-0.4, -0.2) is 28.4 Å². The van der Waals surface area contributed by atoms with Crippen LogP contribution < -0.4 is 4.90 Å². The quantitative estimate of drug-likeness (QED) is 0.850. The third kappa shape index (κ3) is 2.17. The van der Waals surface area contributed by atoms with Crippen LogP contribution in [0.3, 0.4) is 0 Å². The number of carbonyl (C=O) groups excluding carboxylic acids is 1. The van der Waals surface area contributed by atoms with Crippen molar-refractivity contribution in [1.82, 2.24) is 0 Å². The molecular formula is C11H9BrFNO3. The van der Waals surface area contributed by atoms with Crippen molar-refractivity contribution in [3.05, 3.63) is 29.6 Å². The fourth-order valence-electron chi connectivity index (χ4n) is 1.85. The van der Waals surface area contributed by atoms with Crippen LogP contribution in [0, 0.1) is 5.82 Å². The lowest BCUT2D eigenvalue weighted by molar-refractivity contribution is -0.117. The first-order chi connectivity index (χ1) is 8.00. The molecule has 0 radical (unpaired) electrons. The molecule has 0 saturated carbocycles. The Hall–Kier alpha value is -1.43. The molecule has 1 aliphatic rings. The molecule has 0 bridgehead atoms. The fraction of sp³-hybridized carbons (Fsp3) is 0.273. The van der Waals surface area contributed by atoms with E-state index in [1.54, 1.807) is 0 Å². The van der Waals surface area contributed by atoms with Gasteiger partial charge in [-0.25, -0.2) is 9.18 Å². The highest BCUT2D eigenvalue weighted by Gasteiger charge is 2.32. The topological polar surface area (TPSA) is 57.6 Å². The number of benzene rings is 1. The minimum atomic E-state index is -1.37. The molecule has 6 heteroatoms. The molecule has 4 nitrogen and oxygen atoms in total. The van der Waals surface area contributed by atoms with E-state index in [2.05, 4.69) is 15.9 Å². The standard InChI is InChI=1S/C11H9BrFNO3/c12-6-4-9(15)14(5-6)8-3-1-2-7(13)10(8)11(16)17/h1-3,6H,4-5H2,(H,16,17). The lowest BCUT2D eigenvalue weighted by Crippen LogP contribution is -2.27. The van der Waals surface area contributed by atoms with Crippen LogP contribution >= 0.6 is 15.9 Å². The van der Waals surface area contributed by atoms with E-state index < -0.39 is 17.3 Å². The van der Waals surface area contributed by atoms with E-state index in [0.717, 1.165) is 6.07 Å². The second-order valence-corrected chi connectivity index (χ2v) is 5.04. The SMILES string of the molecule is O=C(O)c1c(F)cccc1N1CC(Br)CC1=O. The third-order valence-corrected chi connectivity index (χ3v) is 3.19. The monoisotopic (exact) mass is 301 g/mol. The molecule has 1 N–H and O–H groups in total. The minimum absolute atomic E-state index is 0.0279. The van der Waals surface area contributed by atoms with Crippen LogP contribution in [0.4, 0.5) is 10.1 Å². The number of carboxylic acid groups (broad SMARTS) is 1. The molecule has 2 rings (SSSR count). The Bertz CT molecular complexity index is 492. The van der Waals surface area contributed by atoms with Gasteiger partial charge in [-0.2, -0.15) is 0 Å². The molecule has 1 aromatic rings. The van der Waals surface area contributed by atoms with E-state index in [0.29, 0.717) is 6.54 Å². The van der Waals surface area contributed by atoms with Crippen molar-refractivity contribution in [2.45, 2.75) is 11.2 Å². The summed E-state index contributed by atoms with van der Waals surface area (Å²) in [5.41, 5.74) is -0.341. The van der Waals surface area contributed by atoms with Gasteiger partial charge in [0.1, 0.15) is 11.4 Å². The van der Waals surface area contributed by atoms with E-state index in [1.165, 1.54) is 17.0 Å². The molecule has 1 fully saturated rings. The maximum Gasteiger partial charge on any atom is 0.340 e. The van der Waals surface area contributed by atoms with Gasteiger partial charge < -0.3 is 10.0 Å². The van der Waals surface area contributed by atoms with Gasteiger partial charge in [-0.15, -0.1) is 0 Å². The molecule has 1 heterocycles. The van der Waals surface area contributed by atoms with Gasteiger partial charge in [0, 0.05) is 17.8 Å². The molecule has 0 aromatic heterocycles. The minimum Gasteiger partial charge on any atom is -0.478 e. The smallest absolute Gasteiger partial charge is 0.340 e. The first-order valence-electron chi connectivity index (χ1n) is 4.97. The molecule has 1 saturated heterocycles. The van der Waals surface area contributed by atoms with Crippen molar-refractivity contribution in [3.63, 3.8) is 0 Å². The molecule has 17 heavy (non-hydrogen) atoms. The maximum absolute atomic E-state index is 13.4.